The maximum absolute atomic E-state index is 12.3. The van der Waals surface area contributed by atoms with Crippen LogP contribution < -0.4 is 0 Å². The summed E-state index contributed by atoms with van der Waals surface area (Å²) in [6.07, 6.45) is 2.08. The second-order valence-electron chi connectivity index (χ2n) is 6.14. The molecule has 0 aromatic heterocycles. The van der Waals surface area contributed by atoms with E-state index in [1.165, 1.54) is 16.7 Å². The van der Waals surface area contributed by atoms with Gasteiger partial charge in [0.05, 0.1) is 0 Å². The van der Waals surface area contributed by atoms with E-state index in [9.17, 15) is 4.79 Å². The SMILES string of the molecule is CCc1cccc2c1CCN(C(=O)C(C)(C)C)C2. The Balaban J connectivity index is 2.23. The summed E-state index contributed by atoms with van der Waals surface area (Å²) in [5.74, 6) is 0.259. The minimum absolute atomic E-state index is 0.259. The average molecular weight is 245 g/mol. The molecule has 2 heteroatoms. The third kappa shape index (κ3) is 2.43. The van der Waals surface area contributed by atoms with Crippen molar-refractivity contribution in [1.29, 1.82) is 0 Å². The Bertz CT molecular complexity index is 457. The first-order valence-electron chi connectivity index (χ1n) is 6.82. The molecule has 98 valence electrons. The van der Waals surface area contributed by atoms with Gasteiger partial charge in [-0.1, -0.05) is 45.9 Å². The summed E-state index contributed by atoms with van der Waals surface area (Å²) < 4.78 is 0. The Kier molecular flexibility index (Phi) is 3.47. The number of aryl methyl sites for hydroxylation is 1. The number of benzene rings is 1. The van der Waals surface area contributed by atoms with E-state index in [-0.39, 0.29) is 11.3 Å². The smallest absolute Gasteiger partial charge is 0.228 e. The first-order valence-corrected chi connectivity index (χ1v) is 6.82. The van der Waals surface area contributed by atoms with Crippen LogP contribution in [0.4, 0.5) is 0 Å². The molecule has 0 saturated carbocycles. The molecule has 0 aliphatic carbocycles. The van der Waals surface area contributed by atoms with Crippen LogP contribution in [0.3, 0.4) is 0 Å². The van der Waals surface area contributed by atoms with E-state index in [2.05, 4.69) is 25.1 Å². The lowest BCUT2D eigenvalue weighted by Crippen LogP contribution is -2.42. The maximum Gasteiger partial charge on any atom is 0.228 e. The summed E-state index contributed by atoms with van der Waals surface area (Å²) >= 11 is 0. The van der Waals surface area contributed by atoms with Gasteiger partial charge in [-0.05, 0) is 29.5 Å². The average Bonchev–Trinajstić information content (AvgIpc) is 2.35. The number of nitrogens with zero attached hydrogens (tertiary/aromatic N) is 1. The first-order chi connectivity index (χ1) is 8.43. The molecule has 1 amide bonds. The number of carbonyl (C=O) groups excluding carboxylic acids is 1. The third-order valence-corrected chi connectivity index (χ3v) is 3.67. The highest BCUT2D eigenvalue weighted by atomic mass is 16.2. The summed E-state index contributed by atoms with van der Waals surface area (Å²) in [5.41, 5.74) is 3.96. The molecule has 2 nitrogen and oxygen atoms in total. The highest BCUT2D eigenvalue weighted by Gasteiger charge is 2.29. The van der Waals surface area contributed by atoms with Crippen molar-refractivity contribution in [1.82, 2.24) is 4.90 Å². The molecular weight excluding hydrogens is 222 g/mol. The molecule has 0 bridgehead atoms. The summed E-state index contributed by atoms with van der Waals surface area (Å²) in [6, 6.07) is 6.49. The molecule has 0 atom stereocenters. The first kappa shape index (κ1) is 13.1. The summed E-state index contributed by atoms with van der Waals surface area (Å²) in [7, 11) is 0. The molecule has 0 spiro atoms. The van der Waals surface area contributed by atoms with Crippen LogP contribution in [0.15, 0.2) is 18.2 Å². The Morgan fingerprint density at radius 1 is 1.33 bits per heavy atom. The van der Waals surface area contributed by atoms with Gasteiger partial charge in [0.25, 0.3) is 0 Å². The normalized spacial score (nSPS) is 15.4. The van der Waals surface area contributed by atoms with Crippen molar-refractivity contribution < 1.29 is 4.79 Å². The standard InChI is InChI=1S/C16H23NO/c1-5-12-7-6-8-13-11-17(10-9-14(12)13)15(18)16(2,3)4/h6-8H,5,9-11H2,1-4H3. The van der Waals surface area contributed by atoms with E-state index >= 15 is 0 Å². The van der Waals surface area contributed by atoms with E-state index in [1.54, 1.807) is 0 Å². The molecule has 1 aromatic carbocycles. The fraction of sp³-hybridized carbons (Fsp3) is 0.562. The second kappa shape index (κ2) is 4.75. The number of rotatable bonds is 1. The van der Waals surface area contributed by atoms with Crippen LogP contribution in [0, 0.1) is 5.41 Å². The molecule has 18 heavy (non-hydrogen) atoms. The summed E-state index contributed by atoms with van der Waals surface area (Å²) in [6.45, 7) is 9.82. The van der Waals surface area contributed by atoms with Crippen LogP contribution in [0.1, 0.15) is 44.4 Å². The maximum atomic E-state index is 12.3. The van der Waals surface area contributed by atoms with Gasteiger partial charge in [0.2, 0.25) is 5.91 Å². The fourth-order valence-corrected chi connectivity index (χ4v) is 2.67. The van der Waals surface area contributed by atoms with Gasteiger partial charge in [0.15, 0.2) is 0 Å². The third-order valence-electron chi connectivity index (χ3n) is 3.67. The molecule has 1 aliphatic heterocycles. The number of hydrogen-bond acceptors (Lipinski definition) is 1. The minimum Gasteiger partial charge on any atom is -0.338 e. The van der Waals surface area contributed by atoms with Crippen LogP contribution in [0.25, 0.3) is 0 Å². The lowest BCUT2D eigenvalue weighted by molar-refractivity contribution is -0.140. The van der Waals surface area contributed by atoms with Crippen molar-refractivity contribution in [3.63, 3.8) is 0 Å². The van der Waals surface area contributed by atoms with E-state index < -0.39 is 0 Å². The molecular formula is C16H23NO. The summed E-state index contributed by atoms with van der Waals surface area (Å²) in [4.78, 5) is 14.3. The number of hydrogen-bond donors (Lipinski definition) is 0. The van der Waals surface area contributed by atoms with Crippen molar-refractivity contribution in [2.45, 2.75) is 47.1 Å². The van der Waals surface area contributed by atoms with Crippen LogP contribution in [-0.4, -0.2) is 17.4 Å². The van der Waals surface area contributed by atoms with Crippen LogP contribution in [0.5, 0.6) is 0 Å². The predicted molar refractivity (Wildman–Crippen MR) is 74.4 cm³/mol. The molecule has 0 N–H and O–H groups in total. The van der Waals surface area contributed by atoms with Crippen molar-refractivity contribution in [2.75, 3.05) is 6.54 Å². The summed E-state index contributed by atoms with van der Waals surface area (Å²) in [5, 5.41) is 0. The number of amides is 1. The lowest BCUT2D eigenvalue weighted by Gasteiger charge is -2.34. The molecule has 0 unspecified atom stereocenters. The minimum atomic E-state index is -0.278. The van der Waals surface area contributed by atoms with Crippen LogP contribution in [0.2, 0.25) is 0 Å². The van der Waals surface area contributed by atoms with Crippen molar-refractivity contribution in [2.24, 2.45) is 5.41 Å². The molecule has 2 rings (SSSR count). The Labute approximate surface area is 110 Å². The van der Waals surface area contributed by atoms with Crippen molar-refractivity contribution >= 4 is 5.91 Å². The lowest BCUT2D eigenvalue weighted by atomic mass is 9.90. The van der Waals surface area contributed by atoms with Crippen LogP contribution >= 0.6 is 0 Å². The monoisotopic (exact) mass is 245 g/mol. The largest absolute Gasteiger partial charge is 0.338 e. The van der Waals surface area contributed by atoms with E-state index in [0.717, 1.165) is 25.9 Å². The van der Waals surface area contributed by atoms with E-state index in [1.807, 2.05) is 25.7 Å². The van der Waals surface area contributed by atoms with Crippen LogP contribution in [-0.2, 0) is 24.2 Å². The number of carbonyl (C=O) groups is 1. The van der Waals surface area contributed by atoms with Gasteiger partial charge >= 0.3 is 0 Å². The Hall–Kier alpha value is -1.31. The van der Waals surface area contributed by atoms with Crippen molar-refractivity contribution in [3.8, 4) is 0 Å². The topological polar surface area (TPSA) is 20.3 Å². The van der Waals surface area contributed by atoms with Gasteiger partial charge in [0, 0.05) is 18.5 Å². The van der Waals surface area contributed by atoms with Crippen molar-refractivity contribution in [3.05, 3.63) is 34.9 Å². The van der Waals surface area contributed by atoms with E-state index in [4.69, 9.17) is 0 Å². The van der Waals surface area contributed by atoms with Gasteiger partial charge in [-0.15, -0.1) is 0 Å². The van der Waals surface area contributed by atoms with Gasteiger partial charge in [-0.2, -0.15) is 0 Å². The predicted octanol–water partition coefficient (Wildman–Crippen LogP) is 3.18. The van der Waals surface area contributed by atoms with Gasteiger partial charge in [-0.3, -0.25) is 4.79 Å². The Morgan fingerprint density at radius 3 is 2.67 bits per heavy atom. The highest BCUT2D eigenvalue weighted by molar-refractivity contribution is 5.81. The zero-order valence-corrected chi connectivity index (χ0v) is 11.9. The van der Waals surface area contributed by atoms with E-state index in [0.29, 0.717) is 0 Å². The Morgan fingerprint density at radius 2 is 2.06 bits per heavy atom. The van der Waals surface area contributed by atoms with Gasteiger partial charge < -0.3 is 4.90 Å². The fourth-order valence-electron chi connectivity index (χ4n) is 2.67. The zero-order valence-electron chi connectivity index (χ0n) is 11.9. The molecule has 0 radical (unpaired) electrons. The zero-order chi connectivity index (χ0) is 13.3. The van der Waals surface area contributed by atoms with Gasteiger partial charge in [0.1, 0.15) is 0 Å². The molecule has 1 heterocycles. The quantitative estimate of drug-likeness (QED) is 0.744. The molecule has 0 fully saturated rings. The van der Waals surface area contributed by atoms with Gasteiger partial charge in [-0.25, -0.2) is 0 Å². The molecule has 0 saturated heterocycles. The second-order valence-corrected chi connectivity index (χ2v) is 6.14. The number of fused-ring (bicyclic) bond motifs is 1. The molecule has 1 aliphatic rings. The molecule has 1 aromatic rings. The highest BCUT2D eigenvalue weighted by Crippen LogP contribution is 2.26.